The fourth-order valence-corrected chi connectivity index (χ4v) is 3.52. The van der Waals surface area contributed by atoms with Gasteiger partial charge in [0, 0.05) is 22.5 Å². The van der Waals surface area contributed by atoms with Gasteiger partial charge in [-0.3, -0.25) is 9.78 Å². The van der Waals surface area contributed by atoms with Gasteiger partial charge in [0.05, 0.1) is 12.6 Å². The second-order valence-corrected chi connectivity index (χ2v) is 7.01. The molecule has 0 aliphatic carbocycles. The highest BCUT2D eigenvalue weighted by Crippen LogP contribution is 2.30. The number of nitrogens with zero attached hydrogens (tertiary/aromatic N) is 2. The normalized spacial score (nSPS) is 12.2. The van der Waals surface area contributed by atoms with Gasteiger partial charge in [-0.2, -0.15) is 0 Å². The molecule has 28 heavy (non-hydrogen) atoms. The Bertz CT molecular complexity index is 1170. The van der Waals surface area contributed by atoms with Crippen LogP contribution in [0.1, 0.15) is 34.3 Å². The van der Waals surface area contributed by atoms with Crippen LogP contribution >= 0.6 is 0 Å². The molecule has 5 nitrogen and oxygen atoms in total. The van der Waals surface area contributed by atoms with Crippen LogP contribution in [-0.2, 0) is 6.42 Å². The van der Waals surface area contributed by atoms with Gasteiger partial charge >= 0.3 is 0 Å². The maximum absolute atomic E-state index is 11.1. The number of carbonyl (C=O) groups excluding carboxylic acids is 1. The molecule has 0 bridgehead atoms. The summed E-state index contributed by atoms with van der Waals surface area (Å²) >= 11 is 0. The van der Waals surface area contributed by atoms with E-state index >= 15 is 0 Å². The van der Waals surface area contributed by atoms with E-state index in [4.69, 9.17) is 10.5 Å². The van der Waals surface area contributed by atoms with Gasteiger partial charge in [-0.1, -0.05) is 31.2 Å². The van der Waals surface area contributed by atoms with E-state index in [-0.39, 0.29) is 5.92 Å². The molecule has 0 spiro atoms. The second kappa shape index (κ2) is 7.27. The number of rotatable bonds is 5. The van der Waals surface area contributed by atoms with Crippen LogP contribution in [0.15, 0.2) is 54.7 Å². The summed E-state index contributed by atoms with van der Waals surface area (Å²) in [4.78, 5) is 20.1. The molecule has 0 amide bonds. The molecule has 0 radical (unpaired) electrons. The lowest BCUT2D eigenvalue weighted by Crippen LogP contribution is -2.02. The average molecular weight is 371 g/mol. The van der Waals surface area contributed by atoms with Crippen LogP contribution in [0.5, 0.6) is 5.75 Å². The molecule has 0 aliphatic rings. The lowest BCUT2D eigenvalue weighted by molar-refractivity contribution is 0.112. The minimum Gasteiger partial charge on any atom is -0.497 e. The van der Waals surface area contributed by atoms with Crippen molar-refractivity contribution in [3.63, 3.8) is 0 Å². The number of carbonyl (C=O) groups is 1. The van der Waals surface area contributed by atoms with Crippen LogP contribution in [0, 0.1) is 0 Å². The molecule has 2 aromatic heterocycles. The zero-order chi connectivity index (χ0) is 19.7. The van der Waals surface area contributed by atoms with E-state index < -0.39 is 0 Å². The predicted octanol–water partition coefficient (Wildman–Crippen LogP) is 4.53. The summed E-state index contributed by atoms with van der Waals surface area (Å²) in [7, 11) is 1.67. The summed E-state index contributed by atoms with van der Waals surface area (Å²) in [5.74, 6) is 1.51. The highest BCUT2D eigenvalue weighted by Gasteiger charge is 2.13. The van der Waals surface area contributed by atoms with Crippen LogP contribution in [0.4, 0.5) is 5.82 Å². The summed E-state index contributed by atoms with van der Waals surface area (Å²) < 4.78 is 5.23. The maximum Gasteiger partial charge on any atom is 0.150 e. The van der Waals surface area contributed by atoms with Crippen molar-refractivity contribution < 1.29 is 9.53 Å². The zero-order valence-electron chi connectivity index (χ0n) is 15.8. The third kappa shape index (κ3) is 3.27. The summed E-state index contributed by atoms with van der Waals surface area (Å²) in [5, 5.41) is 1.90. The Morgan fingerprint density at radius 1 is 1.11 bits per heavy atom. The van der Waals surface area contributed by atoms with Crippen molar-refractivity contribution in [3.05, 3.63) is 71.4 Å². The van der Waals surface area contributed by atoms with Gasteiger partial charge in [-0.15, -0.1) is 0 Å². The lowest BCUT2D eigenvalue weighted by atomic mass is 9.93. The Kier molecular flexibility index (Phi) is 4.65. The van der Waals surface area contributed by atoms with Crippen LogP contribution in [0.25, 0.3) is 21.8 Å². The molecule has 0 saturated heterocycles. The van der Waals surface area contributed by atoms with E-state index in [9.17, 15) is 4.79 Å². The fourth-order valence-electron chi connectivity index (χ4n) is 3.52. The standard InChI is InChI=1S/C23H21N3O2/c1-14(9-15-3-6-18(28-2)7-4-15)17-11-20-19-8-5-16(13-27)10-21(19)26-23(24)22(20)25-12-17/h3-8,10-14H,9H2,1-2H3,(H2,24,26). The third-order valence-corrected chi connectivity index (χ3v) is 5.11. The fraction of sp³-hybridized carbons (Fsp3) is 0.174. The van der Waals surface area contributed by atoms with Gasteiger partial charge < -0.3 is 10.5 Å². The third-order valence-electron chi connectivity index (χ3n) is 5.11. The number of anilines is 1. The Labute approximate surface area is 163 Å². The van der Waals surface area contributed by atoms with Crippen LogP contribution in [0.2, 0.25) is 0 Å². The first-order valence-electron chi connectivity index (χ1n) is 9.16. The number of nitrogens with two attached hydrogens (primary N) is 1. The largest absolute Gasteiger partial charge is 0.497 e. The van der Waals surface area contributed by atoms with Gasteiger partial charge in [-0.25, -0.2) is 4.98 Å². The number of ether oxygens (including phenoxy) is 1. The molecule has 4 rings (SSSR count). The molecule has 1 unspecified atom stereocenters. The average Bonchev–Trinajstić information content (AvgIpc) is 2.73. The van der Waals surface area contributed by atoms with Crippen molar-refractivity contribution in [2.24, 2.45) is 0 Å². The van der Waals surface area contributed by atoms with Gasteiger partial charge in [0.25, 0.3) is 0 Å². The first-order valence-corrected chi connectivity index (χ1v) is 9.16. The molecule has 5 heteroatoms. The maximum atomic E-state index is 11.1. The molecule has 2 heterocycles. The number of hydrogen-bond acceptors (Lipinski definition) is 5. The van der Waals surface area contributed by atoms with Crippen molar-refractivity contribution in [1.82, 2.24) is 9.97 Å². The van der Waals surface area contributed by atoms with Crippen molar-refractivity contribution in [1.29, 1.82) is 0 Å². The van der Waals surface area contributed by atoms with Crippen molar-refractivity contribution in [3.8, 4) is 5.75 Å². The first-order chi connectivity index (χ1) is 13.6. The molecule has 0 fully saturated rings. The van der Waals surface area contributed by atoms with Crippen LogP contribution in [0.3, 0.4) is 0 Å². The number of methoxy groups -OCH3 is 1. The monoisotopic (exact) mass is 371 g/mol. The molecular formula is C23H21N3O2. The number of benzene rings is 2. The van der Waals surface area contributed by atoms with Crippen LogP contribution in [-0.4, -0.2) is 23.4 Å². The molecule has 1 atom stereocenters. The number of aldehydes is 1. The molecule has 0 aliphatic heterocycles. The van der Waals surface area contributed by atoms with Crippen molar-refractivity contribution >= 4 is 33.9 Å². The van der Waals surface area contributed by atoms with Gasteiger partial charge in [-0.05, 0) is 47.7 Å². The van der Waals surface area contributed by atoms with Crippen LogP contribution < -0.4 is 10.5 Å². The molecule has 2 aromatic carbocycles. The van der Waals surface area contributed by atoms with E-state index in [1.807, 2.05) is 24.4 Å². The van der Waals surface area contributed by atoms with E-state index in [2.05, 4.69) is 35.1 Å². The first kappa shape index (κ1) is 17.9. The zero-order valence-corrected chi connectivity index (χ0v) is 15.8. The van der Waals surface area contributed by atoms with Crippen molar-refractivity contribution in [2.45, 2.75) is 19.3 Å². The van der Waals surface area contributed by atoms with E-state index in [0.29, 0.717) is 22.4 Å². The number of pyridine rings is 2. The van der Waals surface area contributed by atoms with Crippen molar-refractivity contribution in [2.75, 3.05) is 12.8 Å². The highest BCUT2D eigenvalue weighted by atomic mass is 16.5. The summed E-state index contributed by atoms with van der Waals surface area (Å²) in [5.41, 5.74) is 10.5. The van der Waals surface area contributed by atoms with Gasteiger partial charge in [0.1, 0.15) is 17.6 Å². The Morgan fingerprint density at radius 2 is 1.89 bits per heavy atom. The van der Waals surface area contributed by atoms with E-state index in [1.54, 1.807) is 19.2 Å². The molecule has 2 N–H and O–H groups in total. The minimum absolute atomic E-state index is 0.281. The summed E-state index contributed by atoms with van der Waals surface area (Å²) in [6, 6.07) is 15.7. The second-order valence-electron chi connectivity index (χ2n) is 7.01. The smallest absolute Gasteiger partial charge is 0.150 e. The Balaban J connectivity index is 1.74. The Hall–Kier alpha value is -3.47. The predicted molar refractivity (Wildman–Crippen MR) is 112 cm³/mol. The summed E-state index contributed by atoms with van der Waals surface area (Å²) in [6.45, 7) is 2.18. The minimum atomic E-state index is 0.281. The quantitative estimate of drug-likeness (QED) is 0.412. The SMILES string of the molecule is COc1ccc(CC(C)c2cnc3c(N)nc4cc(C=O)ccc4c3c2)cc1. The van der Waals surface area contributed by atoms with Gasteiger partial charge in [0.15, 0.2) is 5.82 Å². The number of nitrogen functional groups attached to an aromatic ring is 1. The molecule has 4 aromatic rings. The summed E-state index contributed by atoms with van der Waals surface area (Å²) in [6.07, 6.45) is 3.58. The number of fused-ring (bicyclic) bond motifs is 3. The van der Waals surface area contributed by atoms with E-state index in [1.165, 1.54) is 5.56 Å². The Morgan fingerprint density at radius 3 is 2.61 bits per heavy atom. The highest BCUT2D eigenvalue weighted by molar-refractivity contribution is 6.09. The molecule has 0 saturated carbocycles. The molecule has 140 valence electrons. The number of hydrogen-bond donors (Lipinski definition) is 1. The lowest BCUT2D eigenvalue weighted by Gasteiger charge is -2.14. The topological polar surface area (TPSA) is 78.1 Å². The molecular weight excluding hydrogens is 350 g/mol. The van der Waals surface area contributed by atoms with E-state index in [0.717, 1.165) is 34.8 Å². The van der Waals surface area contributed by atoms with Gasteiger partial charge in [0.2, 0.25) is 0 Å². The number of aromatic nitrogens is 2.